The van der Waals surface area contributed by atoms with E-state index < -0.39 is 10.0 Å². The summed E-state index contributed by atoms with van der Waals surface area (Å²) in [5, 5.41) is 0.0317. The summed E-state index contributed by atoms with van der Waals surface area (Å²) in [4.78, 5) is 6.41. The highest BCUT2D eigenvalue weighted by Gasteiger charge is 2.36. The zero-order valence-electron chi connectivity index (χ0n) is 11.5. The van der Waals surface area contributed by atoms with E-state index >= 15 is 0 Å². The van der Waals surface area contributed by atoms with Crippen LogP contribution in [-0.4, -0.2) is 54.8 Å². The van der Waals surface area contributed by atoms with Gasteiger partial charge in [-0.05, 0) is 41.4 Å². The van der Waals surface area contributed by atoms with Gasteiger partial charge in [-0.15, -0.1) is 0 Å². The lowest BCUT2D eigenvalue weighted by Gasteiger charge is -2.43. The third-order valence-electron chi connectivity index (χ3n) is 4.19. The summed E-state index contributed by atoms with van der Waals surface area (Å²) < 4.78 is 27.8. The van der Waals surface area contributed by atoms with E-state index in [9.17, 15) is 8.42 Å². The minimum absolute atomic E-state index is 0.0317. The SMILES string of the molecule is O=S(=O)(c1cc(Br)cnc1Cl)N1CCN2CCCCC2C1. The molecule has 1 unspecified atom stereocenters. The highest BCUT2D eigenvalue weighted by atomic mass is 79.9. The molecule has 0 aliphatic carbocycles. The summed E-state index contributed by atoms with van der Waals surface area (Å²) in [6.07, 6.45) is 4.95. The van der Waals surface area contributed by atoms with Gasteiger partial charge in [0.05, 0.1) is 0 Å². The molecule has 0 N–H and O–H groups in total. The first-order valence-corrected chi connectivity index (χ1v) is 9.65. The summed E-state index contributed by atoms with van der Waals surface area (Å²) in [6, 6.07) is 1.86. The molecule has 2 saturated heterocycles. The van der Waals surface area contributed by atoms with Crippen LogP contribution in [0.25, 0.3) is 0 Å². The first kappa shape index (κ1) is 15.7. The molecule has 1 aromatic heterocycles. The molecule has 3 heterocycles. The van der Waals surface area contributed by atoms with Gasteiger partial charge >= 0.3 is 0 Å². The Kier molecular flexibility index (Phi) is 4.57. The molecule has 2 aliphatic rings. The number of piperazine rings is 1. The van der Waals surface area contributed by atoms with Crippen LogP contribution in [0.4, 0.5) is 0 Å². The van der Waals surface area contributed by atoms with E-state index in [1.165, 1.54) is 25.1 Å². The zero-order valence-corrected chi connectivity index (χ0v) is 14.7. The summed E-state index contributed by atoms with van der Waals surface area (Å²) in [6.45, 7) is 2.94. The van der Waals surface area contributed by atoms with Crippen LogP contribution in [0.2, 0.25) is 5.15 Å². The molecule has 116 valence electrons. The Labute approximate surface area is 138 Å². The van der Waals surface area contributed by atoms with Crippen molar-refractivity contribution in [2.75, 3.05) is 26.2 Å². The van der Waals surface area contributed by atoms with Gasteiger partial charge in [-0.25, -0.2) is 13.4 Å². The number of pyridine rings is 1. The van der Waals surface area contributed by atoms with Crippen LogP contribution in [-0.2, 0) is 10.0 Å². The van der Waals surface area contributed by atoms with Crippen LogP contribution in [0.15, 0.2) is 21.6 Å². The highest BCUT2D eigenvalue weighted by Crippen LogP contribution is 2.29. The molecule has 8 heteroatoms. The molecule has 0 saturated carbocycles. The van der Waals surface area contributed by atoms with E-state index in [0.717, 1.165) is 19.5 Å². The molecule has 21 heavy (non-hydrogen) atoms. The number of aromatic nitrogens is 1. The lowest BCUT2D eigenvalue weighted by atomic mass is 10.0. The minimum Gasteiger partial charge on any atom is -0.298 e. The summed E-state index contributed by atoms with van der Waals surface area (Å²) in [5.41, 5.74) is 0. The highest BCUT2D eigenvalue weighted by molar-refractivity contribution is 9.10. The summed E-state index contributed by atoms with van der Waals surface area (Å²) in [5.74, 6) is 0. The maximum atomic E-state index is 12.8. The van der Waals surface area contributed by atoms with Gasteiger partial charge in [0, 0.05) is 36.3 Å². The second-order valence-corrected chi connectivity index (χ2v) is 8.67. The maximum absolute atomic E-state index is 12.8. The Morgan fingerprint density at radius 1 is 1.29 bits per heavy atom. The number of hydrogen-bond acceptors (Lipinski definition) is 4. The molecular formula is C13H17BrClN3O2S. The van der Waals surface area contributed by atoms with Gasteiger partial charge in [-0.1, -0.05) is 18.0 Å². The van der Waals surface area contributed by atoms with Crippen molar-refractivity contribution >= 4 is 37.6 Å². The molecule has 5 nitrogen and oxygen atoms in total. The Morgan fingerprint density at radius 2 is 2.10 bits per heavy atom. The van der Waals surface area contributed by atoms with Crippen molar-refractivity contribution in [1.82, 2.24) is 14.2 Å². The van der Waals surface area contributed by atoms with E-state index in [-0.39, 0.29) is 10.0 Å². The molecule has 0 amide bonds. The number of sulfonamides is 1. The largest absolute Gasteiger partial charge is 0.298 e. The van der Waals surface area contributed by atoms with Crippen LogP contribution < -0.4 is 0 Å². The van der Waals surface area contributed by atoms with Gasteiger partial charge in [-0.3, -0.25) is 4.90 Å². The number of piperidine rings is 1. The van der Waals surface area contributed by atoms with Crippen molar-refractivity contribution in [1.29, 1.82) is 0 Å². The van der Waals surface area contributed by atoms with Crippen LogP contribution in [0.5, 0.6) is 0 Å². The molecular weight excluding hydrogens is 378 g/mol. The van der Waals surface area contributed by atoms with Gasteiger partial charge in [-0.2, -0.15) is 4.31 Å². The number of nitrogens with zero attached hydrogens (tertiary/aromatic N) is 3. The molecule has 3 rings (SSSR count). The lowest BCUT2D eigenvalue weighted by molar-refractivity contribution is 0.0851. The number of rotatable bonds is 2. The number of fused-ring (bicyclic) bond motifs is 1. The van der Waals surface area contributed by atoms with Crippen molar-refractivity contribution < 1.29 is 8.42 Å². The van der Waals surface area contributed by atoms with Gasteiger partial charge in [0.2, 0.25) is 10.0 Å². The van der Waals surface area contributed by atoms with Crippen molar-refractivity contribution in [3.8, 4) is 0 Å². The topological polar surface area (TPSA) is 53.5 Å². The molecule has 2 fully saturated rings. The van der Waals surface area contributed by atoms with E-state index in [1.54, 1.807) is 4.31 Å². The fourth-order valence-electron chi connectivity index (χ4n) is 3.07. The fourth-order valence-corrected chi connectivity index (χ4v) is 5.46. The maximum Gasteiger partial charge on any atom is 0.246 e. The smallest absolute Gasteiger partial charge is 0.246 e. The first-order chi connectivity index (χ1) is 9.98. The fraction of sp³-hybridized carbons (Fsp3) is 0.615. The summed E-state index contributed by atoms with van der Waals surface area (Å²) in [7, 11) is -3.58. The molecule has 0 radical (unpaired) electrons. The molecule has 1 aromatic rings. The van der Waals surface area contributed by atoms with Gasteiger partial charge in [0.1, 0.15) is 10.0 Å². The Morgan fingerprint density at radius 3 is 2.90 bits per heavy atom. The van der Waals surface area contributed by atoms with Crippen LogP contribution in [0, 0.1) is 0 Å². The van der Waals surface area contributed by atoms with Crippen LogP contribution >= 0.6 is 27.5 Å². The van der Waals surface area contributed by atoms with Crippen molar-refractivity contribution in [3.05, 3.63) is 21.9 Å². The Bertz CT molecular complexity index is 640. The average molecular weight is 395 g/mol. The average Bonchev–Trinajstić information content (AvgIpc) is 2.49. The summed E-state index contributed by atoms with van der Waals surface area (Å²) >= 11 is 9.25. The van der Waals surface area contributed by atoms with Crippen molar-refractivity contribution in [2.24, 2.45) is 0 Å². The zero-order chi connectivity index (χ0) is 15.0. The van der Waals surface area contributed by atoms with Gasteiger partial charge in [0.15, 0.2) is 0 Å². The van der Waals surface area contributed by atoms with E-state index in [0.29, 0.717) is 23.6 Å². The van der Waals surface area contributed by atoms with Gasteiger partial charge in [0.25, 0.3) is 0 Å². The van der Waals surface area contributed by atoms with E-state index in [4.69, 9.17) is 11.6 Å². The van der Waals surface area contributed by atoms with Crippen molar-refractivity contribution in [2.45, 2.75) is 30.2 Å². The second-order valence-electron chi connectivity index (χ2n) is 5.49. The number of halogens is 2. The predicted molar refractivity (Wildman–Crippen MR) is 84.9 cm³/mol. The lowest BCUT2D eigenvalue weighted by Crippen LogP contribution is -2.56. The molecule has 2 aliphatic heterocycles. The van der Waals surface area contributed by atoms with Crippen LogP contribution in [0.3, 0.4) is 0 Å². The molecule has 1 atom stereocenters. The van der Waals surface area contributed by atoms with Gasteiger partial charge < -0.3 is 0 Å². The molecule has 0 spiro atoms. The third kappa shape index (κ3) is 3.12. The van der Waals surface area contributed by atoms with Crippen molar-refractivity contribution in [3.63, 3.8) is 0 Å². The first-order valence-electron chi connectivity index (χ1n) is 7.04. The molecule has 0 aromatic carbocycles. The quantitative estimate of drug-likeness (QED) is 0.723. The van der Waals surface area contributed by atoms with E-state index in [2.05, 4.69) is 25.8 Å². The second kappa shape index (κ2) is 6.12. The van der Waals surface area contributed by atoms with E-state index in [1.807, 2.05) is 0 Å². The van der Waals surface area contributed by atoms with Crippen LogP contribution in [0.1, 0.15) is 19.3 Å². The predicted octanol–water partition coefficient (Wildman–Crippen LogP) is 2.36. The standard InChI is InChI=1S/C13H17BrClN3O2S/c14-10-7-12(13(15)16-8-10)21(19,20)18-6-5-17-4-2-1-3-11(17)9-18/h7-8,11H,1-6,9H2. The Balaban J connectivity index is 1.86. The molecule has 0 bridgehead atoms. The third-order valence-corrected chi connectivity index (χ3v) is 6.92. The minimum atomic E-state index is -3.58. The monoisotopic (exact) mass is 393 g/mol. The normalized spacial score (nSPS) is 24.8. The number of hydrogen-bond donors (Lipinski definition) is 0. The Hall–Kier alpha value is -0.210.